The van der Waals surface area contributed by atoms with Gasteiger partial charge in [-0.15, -0.1) is 0 Å². The molecule has 128 valence electrons. The third kappa shape index (κ3) is 3.38. The molecule has 1 N–H and O–H groups in total. The number of aromatic hydroxyl groups is 1. The molecule has 0 bridgehead atoms. The number of methoxy groups -OCH3 is 3. The molecular weight excluding hydrogens is 316 g/mol. The van der Waals surface area contributed by atoms with E-state index < -0.39 is 0 Å². The maximum absolute atomic E-state index is 9.72. The quantitative estimate of drug-likeness (QED) is 0.730. The van der Waals surface area contributed by atoms with Gasteiger partial charge < -0.3 is 19.3 Å². The van der Waals surface area contributed by atoms with Crippen LogP contribution in [0, 0.1) is 0 Å². The van der Waals surface area contributed by atoms with Crippen LogP contribution in [0.3, 0.4) is 0 Å². The van der Waals surface area contributed by atoms with Crippen LogP contribution in [-0.2, 0) is 0 Å². The minimum absolute atomic E-state index is 0.133. The lowest BCUT2D eigenvalue weighted by atomic mass is 10.00. The first-order valence-corrected chi connectivity index (χ1v) is 7.86. The molecule has 3 aromatic carbocycles. The van der Waals surface area contributed by atoms with E-state index in [0.29, 0.717) is 17.2 Å². The number of rotatable bonds is 5. The number of hydrogen-bond donors (Lipinski definition) is 1. The van der Waals surface area contributed by atoms with E-state index in [0.717, 1.165) is 22.3 Å². The van der Waals surface area contributed by atoms with Crippen LogP contribution >= 0.6 is 0 Å². The molecule has 0 saturated heterocycles. The monoisotopic (exact) mass is 336 g/mol. The van der Waals surface area contributed by atoms with Gasteiger partial charge in [0, 0.05) is 0 Å². The summed E-state index contributed by atoms with van der Waals surface area (Å²) in [5.74, 6) is 2.00. The van der Waals surface area contributed by atoms with Crippen molar-refractivity contribution in [2.45, 2.75) is 0 Å². The Kier molecular flexibility index (Phi) is 4.80. The first kappa shape index (κ1) is 16.7. The Labute approximate surface area is 147 Å². The van der Waals surface area contributed by atoms with E-state index in [1.807, 2.05) is 42.5 Å². The van der Waals surface area contributed by atoms with E-state index in [4.69, 9.17) is 14.2 Å². The molecule has 4 heteroatoms. The minimum atomic E-state index is 0.133. The largest absolute Gasteiger partial charge is 0.504 e. The Morgan fingerprint density at radius 3 is 1.48 bits per heavy atom. The van der Waals surface area contributed by atoms with Crippen LogP contribution in [-0.4, -0.2) is 26.4 Å². The SMILES string of the molecule is COc1cc(-c2ccc(-c3ccc(OC)c(OC)c3)cc2)ccc1O. The van der Waals surface area contributed by atoms with Gasteiger partial charge >= 0.3 is 0 Å². The fourth-order valence-electron chi connectivity index (χ4n) is 2.73. The van der Waals surface area contributed by atoms with Gasteiger partial charge in [0.05, 0.1) is 21.3 Å². The highest BCUT2D eigenvalue weighted by molar-refractivity contribution is 5.73. The van der Waals surface area contributed by atoms with E-state index in [1.165, 1.54) is 0 Å². The number of benzene rings is 3. The van der Waals surface area contributed by atoms with Crippen LogP contribution in [0.5, 0.6) is 23.0 Å². The van der Waals surface area contributed by atoms with Crippen LogP contribution in [0.15, 0.2) is 60.7 Å². The number of hydrogen-bond acceptors (Lipinski definition) is 4. The van der Waals surface area contributed by atoms with Crippen molar-refractivity contribution in [2.75, 3.05) is 21.3 Å². The molecule has 0 aliphatic carbocycles. The van der Waals surface area contributed by atoms with E-state index in [9.17, 15) is 5.11 Å². The summed E-state index contributed by atoms with van der Waals surface area (Å²) < 4.78 is 15.8. The first-order chi connectivity index (χ1) is 12.2. The fraction of sp³-hybridized carbons (Fsp3) is 0.143. The molecule has 0 heterocycles. The molecule has 0 atom stereocenters. The van der Waals surface area contributed by atoms with Gasteiger partial charge in [0.25, 0.3) is 0 Å². The molecule has 0 fully saturated rings. The van der Waals surface area contributed by atoms with Gasteiger partial charge in [0.15, 0.2) is 23.0 Å². The average Bonchev–Trinajstić information content (AvgIpc) is 2.68. The first-order valence-electron chi connectivity index (χ1n) is 7.86. The Morgan fingerprint density at radius 2 is 0.960 bits per heavy atom. The zero-order valence-corrected chi connectivity index (χ0v) is 14.4. The van der Waals surface area contributed by atoms with Crippen molar-refractivity contribution >= 4 is 0 Å². The van der Waals surface area contributed by atoms with Crippen molar-refractivity contribution < 1.29 is 19.3 Å². The summed E-state index contributed by atoms with van der Waals surface area (Å²) in [7, 11) is 4.79. The van der Waals surface area contributed by atoms with E-state index in [-0.39, 0.29) is 5.75 Å². The lowest BCUT2D eigenvalue weighted by molar-refractivity contribution is 0.355. The summed E-state index contributed by atoms with van der Waals surface area (Å²) in [5, 5.41) is 9.72. The van der Waals surface area contributed by atoms with Crippen molar-refractivity contribution in [3.05, 3.63) is 60.7 Å². The van der Waals surface area contributed by atoms with Crippen LogP contribution < -0.4 is 14.2 Å². The van der Waals surface area contributed by atoms with Crippen LogP contribution in [0.1, 0.15) is 0 Å². The second-order valence-corrected chi connectivity index (χ2v) is 5.53. The smallest absolute Gasteiger partial charge is 0.161 e. The molecule has 0 amide bonds. The third-order valence-electron chi connectivity index (χ3n) is 4.11. The molecule has 0 spiro atoms. The molecule has 0 aromatic heterocycles. The van der Waals surface area contributed by atoms with Gasteiger partial charge in [-0.2, -0.15) is 0 Å². The summed E-state index contributed by atoms with van der Waals surface area (Å²) >= 11 is 0. The molecule has 0 saturated carbocycles. The summed E-state index contributed by atoms with van der Waals surface area (Å²) in [6.07, 6.45) is 0. The predicted octanol–water partition coefficient (Wildman–Crippen LogP) is 4.75. The molecule has 0 aliphatic heterocycles. The molecular formula is C21H20O4. The highest BCUT2D eigenvalue weighted by atomic mass is 16.5. The van der Waals surface area contributed by atoms with Crippen molar-refractivity contribution in [1.82, 2.24) is 0 Å². The van der Waals surface area contributed by atoms with Crippen LogP contribution in [0.4, 0.5) is 0 Å². The average molecular weight is 336 g/mol. The molecule has 0 unspecified atom stereocenters. The Hall–Kier alpha value is -3.14. The maximum Gasteiger partial charge on any atom is 0.161 e. The van der Waals surface area contributed by atoms with E-state index >= 15 is 0 Å². The van der Waals surface area contributed by atoms with Gasteiger partial charge in [-0.3, -0.25) is 0 Å². The topological polar surface area (TPSA) is 47.9 Å². The highest BCUT2D eigenvalue weighted by Gasteiger charge is 2.08. The standard InChI is InChI=1S/C21H20O4/c1-23-19-11-9-17(13-21(19)25-3)15-6-4-14(5-7-15)16-8-10-18(22)20(12-16)24-2/h4-13,22H,1-3H3. The fourth-order valence-corrected chi connectivity index (χ4v) is 2.73. The normalized spacial score (nSPS) is 10.4. The van der Waals surface area contributed by atoms with Crippen molar-refractivity contribution in [2.24, 2.45) is 0 Å². The summed E-state index contributed by atoms with van der Waals surface area (Å²) in [6, 6.07) is 19.4. The second kappa shape index (κ2) is 7.18. The second-order valence-electron chi connectivity index (χ2n) is 5.53. The molecule has 0 aliphatic rings. The third-order valence-corrected chi connectivity index (χ3v) is 4.11. The van der Waals surface area contributed by atoms with Crippen molar-refractivity contribution in [3.63, 3.8) is 0 Å². The molecule has 3 aromatic rings. The van der Waals surface area contributed by atoms with E-state index in [1.54, 1.807) is 27.4 Å². The van der Waals surface area contributed by atoms with Crippen molar-refractivity contribution in [1.29, 1.82) is 0 Å². The number of phenolic OH excluding ortho intramolecular Hbond substituents is 1. The van der Waals surface area contributed by atoms with Gasteiger partial charge in [0.1, 0.15) is 0 Å². The molecule has 0 radical (unpaired) electrons. The Morgan fingerprint density at radius 1 is 0.520 bits per heavy atom. The summed E-state index contributed by atoms with van der Waals surface area (Å²) in [6.45, 7) is 0. The number of ether oxygens (including phenoxy) is 3. The predicted molar refractivity (Wildman–Crippen MR) is 98.6 cm³/mol. The van der Waals surface area contributed by atoms with Gasteiger partial charge in [0.2, 0.25) is 0 Å². The van der Waals surface area contributed by atoms with Crippen molar-refractivity contribution in [3.8, 4) is 45.3 Å². The van der Waals surface area contributed by atoms with Gasteiger partial charge in [-0.1, -0.05) is 36.4 Å². The molecule has 3 rings (SSSR count). The lowest BCUT2D eigenvalue weighted by Crippen LogP contribution is -1.91. The number of phenols is 1. The Balaban J connectivity index is 1.92. The zero-order valence-electron chi connectivity index (χ0n) is 14.4. The van der Waals surface area contributed by atoms with Crippen LogP contribution in [0.25, 0.3) is 22.3 Å². The molecule has 25 heavy (non-hydrogen) atoms. The Bertz CT molecular complexity index is 870. The maximum atomic E-state index is 9.72. The summed E-state index contributed by atoms with van der Waals surface area (Å²) in [5.41, 5.74) is 4.15. The lowest BCUT2D eigenvalue weighted by Gasteiger charge is -2.11. The van der Waals surface area contributed by atoms with E-state index in [2.05, 4.69) is 12.1 Å². The van der Waals surface area contributed by atoms with Gasteiger partial charge in [-0.25, -0.2) is 0 Å². The van der Waals surface area contributed by atoms with Gasteiger partial charge in [-0.05, 0) is 46.5 Å². The van der Waals surface area contributed by atoms with Crippen LogP contribution in [0.2, 0.25) is 0 Å². The highest BCUT2D eigenvalue weighted by Crippen LogP contribution is 2.34. The minimum Gasteiger partial charge on any atom is -0.504 e. The zero-order chi connectivity index (χ0) is 17.8. The molecule has 4 nitrogen and oxygen atoms in total. The summed E-state index contributed by atoms with van der Waals surface area (Å²) in [4.78, 5) is 0.